The molecule has 0 spiro atoms. The number of hydrogen-bond donors (Lipinski definition) is 1. The smallest absolute Gasteiger partial charge is 0.295 e. The monoisotopic (exact) mass is 395 g/mol. The molecule has 1 N–H and O–H groups in total. The van der Waals surface area contributed by atoms with E-state index in [0.29, 0.717) is 17.7 Å². The van der Waals surface area contributed by atoms with Gasteiger partial charge in [-0.05, 0) is 55.2 Å². The molecule has 1 aliphatic rings. The van der Waals surface area contributed by atoms with Crippen molar-refractivity contribution in [3.63, 3.8) is 0 Å². The van der Waals surface area contributed by atoms with Gasteiger partial charge in [0.25, 0.3) is 11.7 Å². The normalized spacial score (nSPS) is 18.5. The summed E-state index contributed by atoms with van der Waals surface area (Å²) in [5.74, 6) is -1.92. The number of carbonyl (C=O) groups is 2. The maximum Gasteiger partial charge on any atom is 0.295 e. The lowest BCUT2D eigenvalue weighted by Crippen LogP contribution is -2.30. The lowest BCUT2D eigenvalue weighted by Gasteiger charge is -2.25. The standard InChI is InChI=1S/C24H26FNO3/c1-4-5-6-13-26-21(17-9-11-19(25)12-10-17)20(23(28)24(26)29)22(27)18-8-7-15(2)16(3)14-18/h7-12,14,21,27H,4-6,13H2,1-3H3/b22-20-. The molecular weight excluding hydrogens is 369 g/mol. The lowest BCUT2D eigenvalue weighted by molar-refractivity contribution is -0.139. The average molecular weight is 395 g/mol. The van der Waals surface area contributed by atoms with Crippen molar-refractivity contribution in [1.29, 1.82) is 0 Å². The summed E-state index contributed by atoms with van der Waals surface area (Å²) in [4.78, 5) is 27.2. The zero-order valence-electron chi connectivity index (χ0n) is 17.0. The van der Waals surface area contributed by atoms with Crippen LogP contribution in [0.1, 0.15) is 54.5 Å². The van der Waals surface area contributed by atoms with Crippen LogP contribution in [0.25, 0.3) is 5.76 Å². The van der Waals surface area contributed by atoms with Crippen LogP contribution in [0.5, 0.6) is 0 Å². The Morgan fingerprint density at radius 2 is 1.72 bits per heavy atom. The van der Waals surface area contributed by atoms with Crippen LogP contribution in [0, 0.1) is 19.7 Å². The Hall–Kier alpha value is -2.95. The summed E-state index contributed by atoms with van der Waals surface area (Å²) in [6.45, 7) is 6.35. The summed E-state index contributed by atoms with van der Waals surface area (Å²) in [5.41, 5.74) is 3.20. The van der Waals surface area contributed by atoms with Crippen LogP contribution < -0.4 is 0 Å². The fraction of sp³-hybridized carbons (Fsp3) is 0.333. The number of amides is 1. The highest BCUT2D eigenvalue weighted by Crippen LogP contribution is 2.39. The molecule has 0 saturated carbocycles. The van der Waals surface area contributed by atoms with Gasteiger partial charge in [0.15, 0.2) is 0 Å². The number of benzene rings is 2. The van der Waals surface area contributed by atoms with E-state index < -0.39 is 23.5 Å². The number of hydrogen-bond acceptors (Lipinski definition) is 3. The summed E-state index contributed by atoms with van der Waals surface area (Å²) >= 11 is 0. The topological polar surface area (TPSA) is 57.6 Å². The van der Waals surface area contributed by atoms with E-state index in [4.69, 9.17) is 0 Å². The third-order valence-electron chi connectivity index (χ3n) is 5.51. The van der Waals surface area contributed by atoms with Crippen LogP contribution in [0.4, 0.5) is 4.39 Å². The van der Waals surface area contributed by atoms with E-state index in [2.05, 4.69) is 6.92 Å². The molecule has 1 amide bonds. The first-order valence-corrected chi connectivity index (χ1v) is 9.96. The first kappa shape index (κ1) is 20.8. The molecule has 0 aliphatic carbocycles. The Bertz CT molecular complexity index is 963. The Labute approximate surface area is 170 Å². The number of aliphatic hydroxyl groups excluding tert-OH is 1. The van der Waals surface area contributed by atoms with Crippen molar-refractivity contribution in [2.45, 2.75) is 46.1 Å². The summed E-state index contributed by atoms with van der Waals surface area (Å²) in [7, 11) is 0. The van der Waals surface area contributed by atoms with Gasteiger partial charge in [0.1, 0.15) is 11.6 Å². The summed E-state index contributed by atoms with van der Waals surface area (Å²) in [5, 5.41) is 11.0. The number of carbonyl (C=O) groups excluding carboxylic acids is 2. The Kier molecular flexibility index (Phi) is 6.16. The molecule has 5 heteroatoms. The summed E-state index contributed by atoms with van der Waals surface area (Å²) in [6, 6.07) is 10.4. The van der Waals surface area contributed by atoms with E-state index in [1.165, 1.54) is 17.0 Å². The highest BCUT2D eigenvalue weighted by molar-refractivity contribution is 6.46. The molecule has 1 saturated heterocycles. The first-order chi connectivity index (χ1) is 13.8. The van der Waals surface area contributed by atoms with Gasteiger partial charge < -0.3 is 10.0 Å². The molecule has 29 heavy (non-hydrogen) atoms. The van der Waals surface area contributed by atoms with Crippen LogP contribution in [-0.2, 0) is 9.59 Å². The second-order valence-corrected chi connectivity index (χ2v) is 7.55. The van der Waals surface area contributed by atoms with E-state index in [-0.39, 0.29) is 11.3 Å². The number of nitrogens with zero attached hydrogens (tertiary/aromatic N) is 1. The fourth-order valence-corrected chi connectivity index (χ4v) is 3.68. The van der Waals surface area contributed by atoms with E-state index in [1.807, 2.05) is 19.9 Å². The number of rotatable bonds is 6. The molecule has 1 unspecified atom stereocenters. The molecule has 3 rings (SSSR count). The predicted molar refractivity (Wildman–Crippen MR) is 111 cm³/mol. The van der Waals surface area contributed by atoms with E-state index in [9.17, 15) is 19.1 Å². The Morgan fingerprint density at radius 3 is 2.34 bits per heavy atom. The van der Waals surface area contributed by atoms with Crippen molar-refractivity contribution >= 4 is 17.4 Å². The number of aryl methyl sites for hydroxylation is 2. The second-order valence-electron chi connectivity index (χ2n) is 7.55. The maximum atomic E-state index is 13.5. The third kappa shape index (κ3) is 4.09. The first-order valence-electron chi connectivity index (χ1n) is 9.96. The van der Waals surface area contributed by atoms with Crippen molar-refractivity contribution in [3.8, 4) is 0 Å². The van der Waals surface area contributed by atoms with Crippen LogP contribution in [-0.4, -0.2) is 28.2 Å². The molecule has 1 heterocycles. The summed E-state index contributed by atoms with van der Waals surface area (Å²) in [6.07, 6.45) is 2.66. The van der Waals surface area contributed by atoms with Crippen molar-refractivity contribution in [3.05, 3.63) is 76.1 Å². The molecule has 1 atom stereocenters. The zero-order chi connectivity index (χ0) is 21.1. The minimum absolute atomic E-state index is 0.0568. The van der Waals surface area contributed by atoms with Gasteiger partial charge in [-0.3, -0.25) is 9.59 Å². The molecule has 1 aliphatic heterocycles. The van der Waals surface area contributed by atoms with Gasteiger partial charge in [-0.15, -0.1) is 0 Å². The molecule has 0 bridgehead atoms. The average Bonchev–Trinajstić information content (AvgIpc) is 2.95. The van der Waals surface area contributed by atoms with Gasteiger partial charge in [0.05, 0.1) is 11.6 Å². The van der Waals surface area contributed by atoms with Crippen LogP contribution in [0.2, 0.25) is 0 Å². The summed E-state index contributed by atoms with van der Waals surface area (Å²) < 4.78 is 13.5. The van der Waals surface area contributed by atoms with Gasteiger partial charge in [-0.25, -0.2) is 4.39 Å². The fourth-order valence-electron chi connectivity index (χ4n) is 3.68. The van der Waals surface area contributed by atoms with E-state index in [1.54, 1.807) is 24.3 Å². The predicted octanol–water partition coefficient (Wildman–Crippen LogP) is 5.05. The highest BCUT2D eigenvalue weighted by atomic mass is 19.1. The van der Waals surface area contributed by atoms with Gasteiger partial charge in [-0.2, -0.15) is 0 Å². The van der Waals surface area contributed by atoms with Crippen molar-refractivity contribution in [2.75, 3.05) is 6.54 Å². The number of unbranched alkanes of at least 4 members (excludes halogenated alkanes) is 2. The van der Waals surface area contributed by atoms with Crippen molar-refractivity contribution < 1.29 is 19.1 Å². The number of Topliss-reactive ketones (excluding diaryl/α,β-unsaturated/α-hetero) is 1. The minimum atomic E-state index is -0.728. The molecule has 0 aromatic heterocycles. The van der Waals surface area contributed by atoms with Gasteiger partial charge in [-0.1, -0.05) is 44.0 Å². The molecule has 2 aromatic carbocycles. The molecule has 2 aromatic rings. The third-order valence-corrected chi connectivity index (χ3v) is 5.51. The van der Waals surface area contributed by atoms with E-state index >= 15 is 0 Å². The quantitative estimate of drug-likeness (QED) is 0.322. The van der Waals surface area contributed by atoms with Crippen molar-refractivity contribution in [1.82, 2.24) is 4.90 Å². The molecule has 152 valence electrons. The Balaban J connectivity index is 2.13. The highest BCUT2D eigenvalue weighted by Gasteiger charge is 2.45. The largest absolute Gasteiger partial charge is 0.507 e. The van der Waals surface area contributed by atoms with Crippen LogP contribution in [0.3, 0.4) is 0 Å². The van der Waals surface area contributed by atoms with Crippen LogP contribution >= 0.6 is 0 Å². The minimum Gasteiger partial charge on any atom is -0.507 e. The number of halogens is 1. The molecule has 1 fully saturated rings. The van der Waals surface area contributed by atoms with Crippen molar-refractivity contribution in [2.24, 2.45) is 0 Å². The lowest BCUT2D eigenvalue weighted by atomic mass is 9.94. The van der Waals surface area contributed by atoms with E-state index in [0.717, 1.165) is 30.4 Å². The number of likely N-dealkylation sites (tertiary alicyclic amines) is 1. The zero-order valence-corrected chi connectivity index (χ0v) is 17.0. The maximum absolute atomic E-state index is 13.5. The van der Waals surface area contributed by atoms with Gasteiger partial charge in [0.2, 0.25) is 0 Å². The number of aliphatic hydroxyl groups is 1. The molecule has 0 radical (unpaired) electrons. The van der Waals surface area contributed by atoms with Gasteiger partial charge in [0, 0.05) is 12.1 Å². The Morgan fingerprint density at radius 1 is 1.03 bits per heavy atom. The molecule has 4 nitrogen and oxygen atoms in total. The van der Waals surface area contributed by atoms with Gasteiger partial charge >= 0.3 is 0 Å². The SMILES string of the molecule is CCCCCN1C(=O)C(=O)/C(=C(\O)c2ccc(C)c(C)c2)C1c1ccc(F)cc1. The van der Waals surface area contributed by atoms with Crippen LogP contribution in [0.15, 0.2) is 48.0 Å². The molecular formula is C24H26FNO3. The number of ketones is 1. The second kappa shape index (κ2) is 8.60.